The van der Waals surface area contributed by atoms with E-state index < -0.39 is 26.6 Å². The van der Waals surface area contributed by atoms with Crippen LogP contribution in [0.1, 0.15) is 43.5 Å². The van der Waals surface area contributed by atoms with Crippen LogP contribution in [0.5, 0.6) is 0 Å². The van der Waals surface area contributed by atoms with Crippen LogP contribution in [0.4, 0.5) is 14.9 Å². The van der Waals surface area contributed by atoms with Crippen molar-refractivity contribution in [3.05, 3.63) is 78.1 Å². The number of anilines is 1. The monoisotopic (exact) mass is 693 g/mol. The third-order valence-electron chi connectivity index (χ3n) is 11.7. The van der Waals surface area contributed by atoms with E-state index in [4.69, 9.17) is 9.47 Å². The molecule has 2 aromatic carbocycles. The van der Waals surface area contributed by atoms with Crippen LogP contribution in [0.2, 0.25) is 0 Å². The molecule has 4 aliphatic rings. The molecule has 3 unspecified atom stereocenters. The number of aryl methyl sites for hydroxylation is 1. The highest BCUT2D eigenvalue weighted by Crippen LogP contribution is 2.52. The number of piperidine rings is 1. The molecule has 3 saturated heterocycles. The first kappa shape index (κ1) is 34.0. The minimum atomic E-state index is -3.33. The van der Waals surface area contributed by atoms with Crippen LogP contribution in [0, 0.1) is 30.5 Å². The second kappa shape index (κ2) is 14.0. The molecule has 4 heterocycles. The highest BCUT2D eigenvalue weighted by atomic mass is 32.2. The first-order valence-corrected chi connectivity index (χ1v) is 19.2. The van der Waals surface area contributed by atoms with E-state index in [1.54, 1.807) is 25.2 Å². The van der Waals surface area contributed by atoms with E-state index in [-0.39, 0.29) is 37.0 Å². The molecule has 3 aliphatic heterocycles. The lowest BCUT2D eigenvalue weighted by atomic mass is 9.58. The number of alkyl carbamates (subject to hydrolysis) is 1. The molecule has 49 heavy (non-hydrogen) atoms. The highest BCUT2D eigenvalue weighted by Gasteiger charge is 2.53. The normalized spacial score (nSPS) is 23.9. The molecule has 1 aliphatic carbocycles. The number of aromatic nitrogens is 2. The summed E-state index contributed by atoms with van der Waals surface area (Å²) in [6.07, 6.45) is 7.75. The molecule has 10 nitrogen and oxygen atoms in total. The number of ether oxygens (including phenoxy) is 2. The maximum absolute atomic E-state index is 15.0. The zero-order valence-corrected chi connectivity index (χ0v) is 29.3. The summed E-state index contributed by atoms with van der Waals surface area (Å²) in [7, 11) is -1.74. The number of halogens is 1. The molecule has 3 atom stereocenters. The van der Waals surface area contributed by atoms with Crippen LogP contribution in [0.25, 0.3) is 0 Å². The largest absolute Gasteiger partial charge is 0.446 e. The van der Waals surface area contributed by atoms with Gasteiger partial charge in [0.25, 0.3) is 0 Å². The van der Waals surface area contributed by atoms with Gasteiger partial charge in [-0.3, -0.25) is 0 Å². The molecule has 1 amide bonds. The molecule has 1 saturated carbocycles. The van der Waals surface area contributed by atoms with Crippen molar-refractivity contribution in [3.8, 4) is 0 Å². The van der Waals surface area contributed by atoms with E-state index in [0.717, 1.165) is 81.9 Å². The number of likely N-dealkylation sites (tertiary alicyclic amines) is 1. The van der Waals surface area contributed by atoms with Gasteiger partial charge >= 0.3 is 6.09 Å². The minimum Gasteiger partial charge on any atom is -0.446 e. The molecule has 3 aromatic rings. The number of rotatable bonds is 11. The summed E-state index contributed by atoms with van der Waals surface area (Å²) in [6, 6.07) is 14.4. The van der Waals surface area contributed by atoms with E-state index in [1.807, 2.05) is 37.5 Å². The summed E-state index contributed by atoms with van der Waals surface area (Å²) < 4.78 is 53.8. The van der Waals surface area contributed by atoms with Gasteiger partial charge < -0.3 is 29.2 Å². The summed E-state index contributed by atoms with van der Waals surface area (Å²) in [5.41, 5.74) is 1.58. The lowest BCUT2D eigenvalue weighted by Gasteiger charge is -2.51. The van der Waals surface area contributed by atoms with Crippen molar-refractivity contribution in [2.75, 3.05) is 57.9 Å². The van der Waals surface area contributed by atoms with Crippen LogP contribution in [-0.4, -0.2) is 93.3 Å². The van der Waals surface area contributed by atoms with Crippen LogP contribution in [-0.2, 0) is 31.3 Å². The van der Waals surface area contributed by atoms with E-state index in [1.165, 1.54) is 6.07 Å². The van der Waals surface area contributed by atoms with Gasteiger partial charge in [0.2, 0.25) is 0 Å². The lowest BCUT2D eigenvalue weighted by Crippen LogP contribution is -2.55. The third kappa shape index (κ3) is 6.71. The Bertz CT molecular complexity index is 1720. The van der Waals surface area contributed by atoms with Gasteiger partial charge in [0, 0.05) is 68.6 Å². The second-order valence-electron chi connectivity index (χ2n) is 14.4. The summed E-state index contributed by atoms with van der Waals surface area (Å²) in [4.78, 5) is 22.3. The predicted molar refractivity (Wildman–Crippen MR) is 185 cm³/mol. The number of carbonyl (C=O) groups excluding carboxylic acids is 1. The predicted octanol–water partition coefficient (Wildman–Crippen LogP) is 4.81. The smallest absolute Gasteiger partial charge is 0.407 e. The minimum absolute atomic E-state index is 0.0357. The van der Waals surface area contributed by atoms with Gasteiger partial charge in [0.05, 0.1) is 18.1 Å². The molecular formula is C37H48FN5O5S. The molecule has 4 fully saturated rings. The average molecular weight is 694 g/mol. The number of nitrogens with zero attached hydrogens (tertiary/aromatic N) is 4. The number of amides is 1. The third-order valence-corrected chi connectivity index (χ3v) is 13.7. The topological polar surface area (TPSA) is 106 Å². The van der Waals surface area contributed by atoms with Gasteiger partial charge in [-0.2, -0.15) is 0 Å². The zero-order chi connectivity index (χ0) is 34.2. The number of hydrogen-bond acceptors (Lipinski definition) is 8. The molecule has 7 rings (SSSR count). The lowest BCUT2D eigenvalue weighted by molar-refractivity contribution is 0.00168. The molecule has 1 N–H and O–H groups in total. The number of sulfone groups is 1. The number of benzene rings is 2. The first-order chi connectivity index (χ1) is 23.7. The Hall–Kier alpha value is -3.48. The van der Waals surface area contributed by atoms with Gasteiger partial charge in [-0.1, -0.05) is 12.1 Å². The van der Waals surface area contributed by atoms with Gasteiger partial charge in [0.15, 0.2) is 9.84 Å². The van der Waals surface area contributed by atoms with Crippen LogP contribution < -0.4 is 10.2 Å². The van der Waals surface area contributed by atoms with Gasteiger partial charge in [-0.25, -0.2) is 22.6 Å². The molecule has 1 aromatic heterocycles. The Morgan fingerprint density at radius 1 is 1.08 bits per heavy atom. The maximum atomic E-state index is 15.0. The fraction of sp³-hybridized carbons (Fsp3) is 0.568. The van der Waals surface area contributed by atoms with Crippen LogP contribution >= 0.6 is 0 Å². The quantitative estimate of drug-likeness (QED) is 0.305. The summed E-state index contributed by atoms with van der Waals surface area (Å²) in [5.74, 6) is 1.49. The van der Waals surface area contributed by atoms with Crippen molar-refractivity contribution >= 4 is 21.6 Å². The Morgan fingerprint density at radius 3 is 2.47 bits per heavy atom. The second-order valence-corrected chi connectivity index (χ2v) is 16.7. The molecule has 0 spiro atoms. The number of carbonyl (C=O) groups is 1. The van der Waals surface area contributed by atoms with Crippen molar-refractivity contribution in [2.45, 2.75) is 67.2 Å². The average Bonchev–Trinajstić information content (AvgIpc) is 3.69. The van der Waals surface area contributed by atoms with Crippen molar-refractivity contribution in [1.29, 1.82) is 0 Å². The summed E-state index contributed by atoms with van der Waals surface area (Å²) >= 11 is 0. The van der Waals surface area contributed by atoms with E-state index in [0.29, 0.717) is 17.4 Å². The summed E-state index contributed by atoms with van der Waals surface area (Å²) in [6.45, 7) is 8.00. The Labute approximate surface area is 288 Å². The molecular weight excluding hydrogens is 646 g/mol. The number of hydrogen-bond donors (Lipinski definition) is 1. The van der Waals surface area contributed by atoms with Crippen LogP contribution in [0.3, 0.4) is 0 Å². The van der Waals surface area contributed by atoms with E-state index in [2.05, 4.69) is 30.7 Å². The van der Waals surface area contributed by atoms with Crippen LogP contribution in [0.15, 0.2) is 65.8 Å². The SMILES string of the molecule is CNC(=O)OC1CCCC1C(Cn1ccnc1C)(c1cccc(F)c1)C1CCN(CC2CN(c3ccc(S(=O)(=O)C4COC4)cc3)C2)CC1. The Kier molecular flexibility index (Phi) is 9.73. The number of imidazole rings is 1. The molecule has 12 heteroatoms. The van der Waals surface area contributed by atoms with Crippen molar-refractivity contribution in [2.24, 2.45) is 17.8 Å². The molecule has 0 bridgehead atoms. The van der Waals surface area contributed by atoms with Crippen molar-refractivity contribution in [1.82, 2.24) is 19.8 Å². The molecule has 0 radical (unpaired) electrons. The maximum Gasteiger partial charge on any atom is 0.407 e. The fourth-order valence-electron chi connectivity index (χ4n) is 8.90. The standard InChI is InChI=1S/C37H48FN5O5S/c1-26-40-15-18-42(26)25-37(29-5-3-6-30(38)19-29,34-7-4-8-35(34)48-36(44)39-2)28-13-16-41(17-14-28)20-27-21-43(22-27)31-9-11-32(12-10-31)49(45,46)33-23-47-24-33/h3,5-6,9-12,15,18-19,27-28,33-35H,4,7-8,13-14,16-17,20-25H2,1-2H3,(H,39,44). The fourth-order valence-corrected chi connectivity index (χ4v) is 10.3. The Balaban J connectivity index is 1.05. The molecule has 264 valence electrons. The number of nitrogens with one attached hydrogen (secondary N) is 1. The van der Waals surface area contributed by atoms with Crippen molar-refractivity contribution < 1.29 is 27.1 Å². The van der Waals surface area contributed by atoms with Gasteiger partial charge in [0.1, 0.15) is 23.0 Å². The van der Waals surface area contributed by atoms with Gasteiger partial charge in [-0.05, 0) is 100.0 Å². The first-order valence-electron chi connectivity index (χ1n) is 17.7. The summed E-state index contributed by atoms with van der Waals surface area (Å²) in [5, 5.41) is 2.21. The Morgan fingerprint density at radius 2 is 1.84 bits per heavy atom. The van der Waals surface area contributed by atoms with Crippen molar-refractivity contribution in [3.63, 3.8) is 0 Å². The zero-order valence-electron chi connectivity index (χ0n) is 28.5. The van der Waals surface area contributed by atoms with E-state index in [9.17, 15) is 13.2 Å². The highest BCUT2D eigenvalue weighted by molar-refractivity contribution is 7.92. The van der Waals surface area contributed by atoms with E-state index >= 15 is 4.39 Å². The van der Waals surface area contributed by atoms with Gasteiger partial charge in [-0.15, -0.1) is 0 Å².